The monoisotopic (exact) mass is 249 g/mol. The Kier molecular flexibility index (Phi) is 6.99. The quantitative estimate of drug-likeness (QED) is 0.677. The van der Waals surface area contributed by atoms with Crippen LogP contribution in [0.25, 0.3) is 0 Å². The van der Waals surface area contributed by atoms with Crippen molar-refractivity contribution < 1.29 is 4.74 Å². The van der Waals surface area contributed by atoms with Crippen molar-refractivity contribution in [1.82, 2.24) is 5.32 Å². The SMILES string of the molecule is CCCOCCNC(C)(C)CCc1ccccc1. The predicted molar refractivity (Wildman–Crippen MR) is 78.0 cm³/mol. The summed E-state index contributed by atoms with van der Waals surface area (Å²) in [6, 6.07) is 10.7. The Balaban J connectivity index is 2.19. The number of aryl methyl sites for hydroxylation is 1. The Bertz CT molecular complexity index is 308. The van der Waals surface area contributed by atoms with Crippen LogP contribution in [0.3, 0.4) is 0 Å². The molecule has 0 spiro atoms. The molecule has 0 unspecified atom stereocenters. The minimum absolute atomic E-state index is 0.172. The third-order valence-corrected chi connectivity index (χ3v) is 3.08. The van der Waals surface area contributed by atoms with Gasteiger partial charge in [-0.1, -0.05) is 37.3 Å². The minimum Gasteiger partial charge on any atom is -0.380 e. The van der Waals surface area contributed by atoms with Gasteiger partial charge in [-0.2, -0.15) is 0 Å². The van der Waals surface area contributed by atoms with Gasteiger partial charge in [-0.05, 0) is 38.7 Å². The maximum Gasteiger partial charge on any atom is 0.0591 e. The van der Waals surface area contributed by atoms with Crippen molar-refractivity contribution in [3.63, 3.8) is 0 Å². The van der Waals surface area contributed by atoms with Crippen LogP contribution in [0.2, 0.25) is 0 Å². The van der Waals surface area contributed by atoms with Gasteiger partial charge in [-0.25, -0.2) is 0 Å². The Morgan fingerprint density at radius 2 is 1.83 bits per heavy atom. The molecule has 2 heteroatoms. The molecule has 0 heterocycles. The van der Waals surface area contributed by atoms with Gasteiger partial charge in [-0.15, -0.1) is 0 Å². The number of hydrogen-bond acceptors (Lipinski definition) is 2. The number of ether oxygens (including phenoxy) is 1. The van der Waals surface area contributed by atoms with Crippen LogP contribution >= 0.6 is 0 Å². The molecule has 1 aromatic rings. The van der Waals surface area contributed by atoms with E-state index in [1.165, 1.54) is 5.56 Å². The summed E-state index contributed by atoms with van der Waals surface area (Å²) < 4.78 is 5.48. The minimum atomic E-state index is 0.172. The number of rotatable bonds is 9. The zero-order chi connectivity index (χ0) is 13.3. The van der Waals surface area contributed by atoms with Gasteiger partial charge >= 0.3 is 0 Å². The second kappa shape index (κ2) is 8.28. The lowest BCUT2D eigenvalue weighted by atomic mass is 9.95. The summed E-state index contributed by atoms with van der Waals surface area (Å²) in [6.45, 7) is 9.26. The summed E-state index contributed by atoms with van der Waals surface area (Å²) >= 11 is 0. The molecule has 1 aromatic carbocycles. The van der Waals surface area contributed by atoms with Gasteiger partial charge in [0, 0.05) is 18.7 Å². The average Bonchev–Trinajstić information content (AvgIpc) is 2.38. The van der Waals surface area contributed by atoms with Crippen LogP contribution in [-0.2, 0) is 11.2 Å². The van der Waals surface area contributed by atoms with Gasteiger partial charge in [0.05, 0.1) is 6.61 Å². The number of hydrogen-bond donors (Lipinski definition) is 1. The molecule has 0 aliphatic rings. The maximum absolute atomic E-state index is 5.48. The van der Waals surface area contributed by atoms with Gasteiger partial charge in [0.15, 0.2) is 0 Å². The molecule has 102 valence electrons. The molecule has 0 aliphatic heterocycles. The number of benzene rings is 1. The van der Waals surface area contributed by atoms with Crippen molar-refractivity contribution in [2.24, 2.45) is 0 Å². The molecule has 0 amide bonds. The molecular formula is C16H27NO. The van der Waals surface area contributed by atoms with E-state index in [1.54, 1.807) is 0 Å². The average molecular weight is 249 g/mol. The van der Waals surface area contributed by atoms with Crippen LogP contribution < -0.4 is 5.32 Å². The molecule has 1 N–H and O–H groups in total. The molecule has 0 aromatic heterocycles. The number of nitrogens with one attached hydrogen (secondary N) is 1. The zero-order valence-electron chi connectivity index (χ0n) is 12.0. The second-order valence-electron chi connectivity index (χ2n) is 5.41. The van der Waals surface area contributed by atoms with E-state index in [-0.39, 0.29) is 5.54 Å². The summed E-state index contributed by atoms with van der Waals surface area (Å²) in [5, 5.41) is 3.56. The Morgan fingerprint density at radius 1 is 1.11 bits per heavy atom. The highest BCUT2D eigenvalue weighted by atomic mass is 16.5. The lowest BCUT2D eigenvalue weighted by Crippen LogP contribution is -2.41. The zero-order valence-corrected chi connectivity index (χ0v) is 12.0. The van der Waals surface area contributed by atoms with E-state index in [4.69, 9.17) is 4.74 Å². The lowest BCUT2D eigenvalue weighted by Gasteiger charge is -2.26. The molecule has 1 rings (SSSR count). The first kappa shape index (κ1) is 15.2. The van der Waals surface area contributed by atoms with E-state index in [2.05, 4.69) is 56.4 Å². The highest BCUT2D eigenvalue weighted by molar-refractivity contribution is 5.15. The topological polar surface area (TPSA) is 21.3 Å². The van der Waals surface area contributed by atoms with Crippen molar-refractivity contribution in [2.75, 3.05) is 19.8 Å². The molecule has 0 atom stereocenters. The second-order valence-corrected chi connectivity index (χ2v) is 5.41. The fourth-order valence-electron chi connectivity index (χ4n) is 1.90. The largest absolute Gasteiger partial charge is 0.380 e. The summed E-state index contributed by atoms with van der Waals surface area (Å²) in [6.07, 6.45) is 3.36. The van der Waals surface area contributed by atoms with Crippen molar-refractivity contribution in [3.8, 4) is 0 Å². The van der Waals surface area contributed by atoms with Crippen LogP contribution in [-0.4, -0.2) is 25.3 Å². The van der Waals surface area contributed by atoms with Gasteiger partial charge in [0.2, 0.25) is 0 Å². The first-order chi connectivity index (χ1) is 8.64. The molecule has 0 aliphatic carbocycles. The first-order valence-corrected chi connectivity index (χ1v) is 7.01. The van der Waals surface area contributed by atoms with Crippen LogP contribution in [0.5, 0.6) is 0 Å². The molecule has 2 nitrogen and oxygen atoms in total. The molecule has 0 fully saturated rings. The fraction of sp³-hybridized carbons (Fsp3) is 0.625. The van der Waals surface area contributed by atoms with Crippen molar-refractivity contribution in [1.29, 1.82) is 0 Å². The summed E-state index contributed by atoms with van der Waals surface area (Å²) in [7, 11) is 0. The summed E-state index contributed by atoms with van der Waals surface area (Å²) in [5.41, 5.74) is 1.58. The van der Waals surface area contributed by atoms with E-state index in [0.717, 1.165) is 39.0 Å². The standard InChI is InChI=1S/C16H27NO/c1-4-13-18-14-12-17-16(2,3)11-10-15-8-6-5-7-9-15/h5-9,17H,4,10-14H2,1-3H3. The smallest absolute Gasteiger partial charge is 0.0591 e. The van der Waals surface area contributed by atoms with Gasteiger partial charge in [-0.3, -0.25) is 0 Å². The Labute approximate surface area is 112 Å². The third-order valence-electron chi connectivity index (χ3n) is 3.08. The van der Waals surface area contributed by atoms with Crippen molar-refractivity contribution in [2.45, 2.75) is 45.6 Å². The van der Waals surface area contributed by atoms with Crippen LogP contribution in [0, 0.1) is 0 Å². The van der Waals surface area contributed by atoms with E-state index in [1.807, 2.05) is 0 Å². The van der Waals surface area contributed by atoms with Crippen LogP contribution in [0.1, 0.15) is 39.2 Å². The lowest BCUT2D eigenvalue weighted by molar-refractivity contribution is 0.130. The highest BCUT2D eigenvalue weighted by Crippen LogP contribution is 2.13. The van der Waals surface area contributed by atoms with Crippen molar-refractivity contribution >= 4 is 0 Å². The van der Waals surface area contributed by atoms with Crippen LogP contribution in [0.15, 0.2) is 30.3 Å². The molecule has 0 bridgehead atoms. The maximum atomic E-state index is 5.48. The van der Waals surface area contributed by atoms with E-state index in [0.29, 0.717) is 0 Å². The normalized spacial score (nSPS) is 11.7. The van der Waals surface area contributed by atoms with Gasteiger partial charge < -0.3 is 10.1 Å². The van der Waals surface area contributed by atoms with Gasteiger partial charge in [0.25, 0.3) is 0 Å². The van der Waals surface area contributed by atoms with E-state index >= 15 is 0 Å². The summed E-state index contributed by atoms with van der Waals surface area (Å²) in [4.78, 5) is 0. The molecule has 18 heavy (non-hydrogen) atoms. The van der Waals surface area contributed by atoms with Gasteiger partial charge in [0.1, 0.15) is 0 Å². The molecule has 0 saturated heterocycles. The van der Waals surface area contributed by atoms with Crippen LogP contribution in [0.4, 0.5) is 0 Å². The van der Waals surface area contributed by atoms with Crippen molar-refractivity contribution in [3.05, 3.63) is 35.9 Å². The fourth-order valence-corrected chi connectivity index (χ4v) is 1.90. The first-order valence-electron chi connectivity index (χ1n) is 7.01. The van der Waals surface area contributed by atoms with E-state index < -0.39 is 0 Å². The molecule has 0 saturated carbocycles. The predicted octanol–water partition coefficient (Wildman–Crippen LogP) is 3.41. The molecular weight excluding hydrogens is 222 g/mol. The Hall–Kier alpha value is -0.860. The molecule has 0 radical (unpaired) electrons. The highest BCUT2D eigenvalue weighted by Gasteiger charge is 2.16. The van der Waals surface area contributed by atoms with E-state index in [9.17, 15) is 0 Å². The third kappa shape index (κ3) is 6.77. The Morgan fingerprint density at radius 3 is 2.50 bits per heavy atom. The summed E-state index contributed by atoms with van der Waals surface area (Å²) in [5.74, 6) is 0.